The van der Waals surface area contributed by atoms with Crippen LogP contribution in [0.2, 0.25) is 0 Å². The van der Waals surface area contributed by atoms with Gasteiger partial charge in [-0.3, -0.25) is 24.4 Å². The normalized spacial score (nSPS) is 19.8. The van der Waals surface area contributed by atoms with Gasteiger partial charge in [-0.05, 0) is 74.6 Å². The van der Waals surface area contributed by atoms with E-state index < -0.39 is 5.97 Å². The fraction of sp³-hybridized carbons (Fsp3) is 0.357. The standard InChI is InChI=1S/C42H44N4O9/c1-5-25-11-29-19-43-34-17-38(36(51-3)15-32(34)41(49)45(29)21-25)54-23-27-10-28(14-31(13-27)53-9-7-8-40(47)48)24-55-39-18-35-33(16-37(39)52-4)42(50)46-22-26(6-2)12-30(46)20-44-35/h5-6,10,13-20,29-30H,7-9,11-12,21-24H2,1-4H3,(H,47,48)/b25-5+,26-6+/t29-,30-/m0/s1. The molecule has 0 saturated carbocycles. The highest BCUT2D eigenvalue weighted by atomic mass is 16.5. The number of methoxy groups -OCH3 is 2. The van der Waals surface area contributed by atoms with Gasteiger partial charge in [0.2, 0.25) is 0 Å². The van der Waals surface area contributed by atoms with E-state index >= 15 is 0 Å². The lowest BCUT2D eigenvalue weighted by Crippen LogP contribution is -2.35. The predicted octanol–water partition coefficient (Wildman–Crippen LogP) is 6.86. The Hall–Kier alpha value is -6.11. The van der Waals surface area contributed by atoms with Crippen molar-refractivity contribution in [2.75, 3.05) is 33.9 Å². The van der Waals surface area contributed by atoms with Crippen molar-refractivity contribution in [3.8, 4) is 28.7 Å². The molecule has 0 unspecified atom stereocenters. The highest BCUT2D eigenvalue weighted by molar-refractivity contribution is 6.04. The molecule has 7 rings (SSSR count). The van der Waals surface area contributed by atoms with Crippen LogP contribution in [0.25, 0.3) is 0 Å². The highest BCUT2D eigenvalue weighted by Crippen LogP contribution is 2.41. The molecule has 0 radical (unpaired) electrons. The van der Waals surface area contributed by atoms with E-state index in [-0.39, 0.29) is 50.1 Å². The second-order valence-electron chi connectivity index (χ2n) is 13.8. The van der Waals surface area contributed by atoms with Gasteiger partial charge in [-0.1, -0.05) is 23.3 Å². The number of benzene rings is 3. The van der Waals surface area contributed by atoms with Crippen LogP contribution in [0.3, 0.4) is 0 Å². The molecule has 2 saturated heterocycles. The molecule has 0 spiro atoms. The third-order valence-corrected chi connectivity index (χ3v) is 10.2. The largest absolute Gasteiger partial charge is 0.494 e. The van der Waals surface area contributed by atoms with Crippen molar-refractivity contribution in [1.29, 1.82) is 0 Å². The maximum absolute atomic E-state index is 13.6. The third kappa shape index (κ3) is 7.91. The first-order chi connectivity index (χ1) is 26.7. The summed E-state index contributed by atoms with van der Waals surface area (Å²) in [4.78, 5) is 51.2. The number of amides is 2. The van der Waals surface area contributed by atoms with Crippen molar-refractivity contribution in [2.45, 2.75) is 64.8 Å². The first kappa shape index (κ1) is 37.2. The second-order valence-corrected chi connectivity index (χ2v) is 13.8. The van der Waals surface area contributed by atoms with Crippen LogP contribution in [-0.4, -0.2) is 91.1 Å². The number of carbonyl (C=O) groups is 3. The summed E-state index contributed by atoms with van der Waals surface area (Å²) in [6, 6.07) is 12.1. The lowest BCUT2D eigenvalue weighted by molar-refractivity contribution is -0.137. The average molecular weight is 749 g/mol. The smallest absolute Gasteiger partial charge is 0.303 e. The van der Waals surface area contributed by atoms with E-state index in [2.05, 4.69) is 9.98 Å². The number of fused-ring (bicyclic) bond motifs is 4. The molecule has 13 heteroatoms. The molecule has 2 fully saturated rings. The molecule has 0 aliphatic carbocycles. The number of aliphatic carboxylic acids is 1. The molecule has 286 valence electrons. The van der Waals surface area contributed by atoms with Crippen LogP contribution in [0, 0.1) is 0 Å². The lowest BCUT2D eigenvalue weighted by atomic mass is 10.1. The van der Waals surface area contributed by atoms with E-state index in [1.165, 1.54) is 25.4 Å². The molecule has 2 amide bonds. The number of hydrogen-bond acceptors (Lipinski definition) is 10. The summed E-state index contributed by atoms with van der Waals surface area (Å²) in [6.45, 7) is 5.51. The highest BCUT2D eigenvalue weighted by Gasteiger charge is 2.36. The second kappa shape index (κ2) is 16.1. The van der Waals surface area contributed by atoms with Gasteiger partial charge in [0, 0.05) is 44.1 Å². The van der Waals surface area contributed by atoms with Crippen molar-refractivity contribution in [3.63, 3.8) is 0 Å². The number of ether oxygens (including phenoxy) is 5. The topological polar surface area (TPSA) is 149 Å². The number of carboxylic acid groups (broad SMARTS) is 1. The Morgan fingerprint density at radius 2 is 1.22 bits per heavy atom. The zero-order chi connectivity index (χ0) is 38.6. The van der Waals surface area contributed by atoms with Crippen LogP contribution in [0.15, 0.2) is 75.7 Å². The average Bonchev–Trinajstić information content (AvgIpc) is 3.76. The minimum atomic E-state index is -0.896. The Labute approximate surface area is 319 Å². The van der Waals surface area contributed by atoms with E-state index in [1.54, 1.807) is 24.3 Å². The molecule has 3 aromatic carbocycles. The van der Waals surface area contributed by atoms with Crippen LogP contribution >= 0.6 is 0 Å². The van der Waals surface area contributed by atoms with Crippen LogP contribution in [0.5, 0.6) is 28.7 Å². The van der Waals surface area contributed by atoms with Crippen molar-refractivity contribution in [2.24, 2.45) is 9.98 Å². The molecule has 4 aliphatic heterocycles. The molecule has 4 aliphatic rings. The van der Waals surface area contributed by atoms with Gasteiger partial charge in [0.25, 0.3) is 11.8 Å². The minimum Gasteiger partial charge on any atom is -0.494 e. The number of carboxylic acids is 1. The predicted molar refractivity (Wildman–Crippen MR) is 206 cm³/mol. The van der Waals surface area contributed by atoms with Crippen molar-refractivity contribution in [1.82, 2.24) is 9.80 Å². The van der Waals surface area contributed by atoms with Gasteiger partial charge in [-0.2, -0.15) is 0 Å². The summed E-state index contributed by atoms with van der Waals surface area (Å²) in [5.74, 6) is 1.03. The Kier molecular flexibility index (Phi) is 10.9. The molecule has 1 N–H and O–H groups in total. The number of hydrogen-bond donors (Lipinski definition) is 1. The molecule has 0 bridgehead atoms. The number of allylic oxidation sites excluding steroid dienone is 2. The van der Waals surface area contributed by atoms with Gasteiger partial charge < -0.3 is 38.6 Å². The SMILES string of the molecule is C/C=C1\C[C@H]2C=Nc3cc(OCc4cc(COc5cc6c(cc5OC)C(=O)N5C/C(=C/C)C[C@H]5C=N6)cc(OCCCC(=O)O)c4)c(OC)cc3C(=O)N2C1. The summed E-state index contributed by atoms with van der Waals surface area (Å²) in [7, 11) is 3.05. The van der Waals surface area contributed by atoms with Gasteiger partial charge in [-0.25, -0.2) is 0 Å². The van der Waals surface area contributed by atoms with Gasteiger partial charge in [0.15, 0.2) is 23.0 Å². The van der Waals surface area contributed by atoms with Gasteiger partial charge in [0.1, 0.15) is 19.0 Å². The lowest BCUT2D eigenvalue weighted by Gasteiger charge is -2.20. The van der Waals surface area contributed by atoms with Gasteiger partial charge in [-0.15, -0.1) is 0 Å². The summed E-state index contributed by atoms with van der Waals surface area (Å²) < 4.78 is 29.9. The van der Waals surface area contributed by atoms with Crippen molar-refractivity contribution < 1.29 is 43.2 Å². The van der Waals surface area contributed by atoms with Crippen LogP contribution in [0.1, 0.15) is 71.4 Å². The Bertz CT molecular complexity index is 2000. The summed E-state index contributed by atoms with van der Waals surface area (Å²) in [5, 5.41) is 9.10. The van der Waals surface area contributed by atoms with E-state index in [0.717, 1.165) is 24.0 Å². The van der Waals surface area contributed by atoms with Crippen molar-refractivity contribution in [3.05, 3.63) is 88.0 Å². The fourth-order valence-electron chi connectivity index (χ4n) is 7.24. The third-order valence-electron chi connectivity index (χ3n) is 10.2. The molecule has 13 nitrogen and oxygen atoms in total. The number of rotatable bonds is 13. The molecule has 2 atom stereocenters. The van der Waals surface area contributed by atoms with E-state index in [4.69, 9.17) is 28.8 Å². The monoisotopic (exact) mass is 748 g/mol. The van der Waals surface area contributed by atoms with E-state index in [9.17, 15) is 14.4 Å². The number of carbonyl (C=O) groups excluding carboxylic acids is 2. The van der Waals surface area contributed by atoms with Crippen LogP contribution in [0.4, 0.5) is 11.4 Å². The quantitative estimate of drug-likeness (QED) is 0.146. The molecule has 3 aromatic rings. The number of nitrogens with zero attached hydrogens (tertiary/aromatic N) is 4. The molecular weight excluding hydrogens is 704 g/mol. The first-order valence-electron chi connectivity index (χ1n) is 18.3. The summed E-state index contributed by atoms with van der Waals surface area (Å²) in [5.41, 5.74) is 5.79. The summed E-state index contributed by atoms with van der Waals surface area (Å²) >= 11 is 0. The minimum absolute atomic E-state index is 0.0189. The Morgan fingerprint density at radius 3 is 1.65 bits per heavy atom. The van der Waals surface area contributed by atoms with Crippen molar-refractivity contribution >= 4 is 41.6 Å². The Morgan fingerprint density at radius 1 is 0.727 bits per heavy atom. The fourth-order valence-corrected chi connectivity index (χ4v) is 7.24. The molecule has 0 aromatic heterocycles. The van der Waals surface area contributed by atoms with E-state index in [1.807, 2.05) is 66.4 Å². The first-order valence-corrected chi connectivity index (χ1v) is 18.3. The molecule has 4 heterocycles. The maximum atomic E-state index is 13.6. The van der Waals surface area contributed by atoms with E-state index in [0.29, 0.717) is 70.8 Å². The number of aliphatic imine (C=N–C) groups is 2. The van der Waals surface area contributed by atoms with Crippen LogP contribution < -0.4 is 23.7 Å². The van der Waals surface area contributed by atoms with Gasteiger partial charge in [0.05, 0.1) is 55.4 Å². The Balaban J connectivity index is 1.12. The zero-order valence-electron chi connectivity index (χ0n) is 31.4. The van der Waals surface area contributed by atoms with Crippen LogP contribution in [-0.2, 0) is 18.0 Å². The molecule has 55 heavy (non-hydrogen) atoms. The maximum Gasteiger partial charge on any atom is 0.303 e. The molecular formula is C42H44N4O9. The van der Waals surface area contributed by atoms with Gasteiger partial charge >= 0.3 is 5.97 Å². The zero-order valence-corrected chi connectivity index (χ0v) is 31.4. The summed E-state index contributed by atoms with van der Waals surface area (Å²) in [6.07, 6.45) is 9.56.